The van der Waals surface area contributed by atoms with Crippen molar-refractivity contribution in [3.05, 3.63) is 0 Å². The fourth-order valence-electron chi connectivity index (χ4n) is 2.05. The van der Waals surface area contributed by atoms with Crippen molar-refractivity contribution in [2.45, 2.75) is 38.1 Å². The van der Waals surface area contributed by atoms with E-state index in [4.69, 9.17) is 5.11 Å². The summed E-state index contributed by atoms with van der Waals surface area (Å²) in [7, 11) is 0. The van der Waals surface area contributed by atoms with Crippen LogP contribution in [-0.4, -0.2) is 36.0 Å². The van der Waals surface area contributed by atoms with Crippen LogP contribution in [0.3, 0.4) is 0 Å². The largest absolute Gasteiger partial charge is 0.396 e. The van der Waals surface area contributed by atoms with Gasteiger partial charge in [0.15, 0.2) is 0 Å². The molecule has 0 bridgehead atoms. The van der Waals surface area contributed by atoms with Crippen LogP contribution in [0.2, 0.25) is 0 Å². The van der Waals surface area contributed by atoms with Crippen molar-refractivity contribution in [3.8, 4) is 0 Å². The van der Waals surface area contributed by atoms with E-state index in [1.54, 1.807) is 0 Å². The highest BCUT2D eigenvalue weighted by Crippen LogP contribution is 2.18. The van der Waals surface area contributed by atoms with E-state index in [2.05, 4.69) is 5.32 Å². The van der Waals surface area contributed by atoms with Gasteiger partial charge in [-0.3, -0.25) is 0 Å². The summed E-state index contributed by atoms with van der Waals surface area (Å²) in [6.07, 6.45) is 5.45. The first-order valence-corrected chi connectivity index (χ1v) is 5.33. The van der Waals surface area contributed by atoms with Crippen molar-refractivity contribution < 1.29 is 10.2 Å². The van der Waals surface area contributed by atoms with Crippen LogP contribution < -0.4 is 5.32 Å². The first kappa shape index (κ1) is 11.0. The van der Waals surface area contributed by atoms with Gasteiger partial charge in [0.05, 0.1) is 0 Å². The number of hydrogen-bond donors (Lipinski definition) is 3. The second-order valence-electron chi connectivity index (χ2n) is 3.86. The van der Waals surface area contributed by atoms with Gasteiger partial charge in [-0.25, -0.2) is 0 Å². The summed E-state index contributed by atoms with van der Waals surface area (Å²) in [6.45, 7) is 1.57. The Labute approximate surface area is 80.2 Å². The van der Waals surface area contributed by atoms with E-state index in [0.29, 0.717) is 12.0 Å². The van der Waals surface area contributed by atoms with Crippen molar-refractivity contribution >= 4 is 0 Å². The van der Waals surface area contributed by atoms with E-state index in [-0.39, 0.29) is 13.2 Å². The Hall–Kier alpha value is -0.120. The summed E-state index contributed by atoms with van der Waals surface area (Å²) in [5, 5.41) is 21.3. The van der Waals surface area contributed by atoms with Crippen molar-refractivity contribution in [1.29, 1.82) is 0 Å². The van der Waals surface area contributed by atoms with Crippen LogP contribution in [0.25, 0.3) is 0 Å². The van der Waals surface area contributed by atoms with Crippen LogP contribution in [0.5, 0.6) is 0 Å². The molecule has 1 heterocycles. The van der Waals surface area contributed by atoms with Crippen molar-refractivity contribution in [1.82, 2.24) is 5.32 Å². The zero-order valence-electron chi connectivity index (χ0n) is 8.21. The molecule has 0 saturated carbocycles. The predicted octanol–water partition coefficient (Wildman–Crippen LogP) is 0.509. The van der Waals surface area contributed by atoms with Gasteiger partial charge < -0.3 is 15.5 Å². The van der Waals surface area contributed by atoms with Crippen LogP contribution in [0.4, 0.5) is 0 Å². The number of piperidine rings is 1. The van der Waals surface area contributed by atoms with E-state index >= 15 is 0 Å². The Morgan fingerprint density at radius 1 is 1.31 bits per heavy atom. The molecule has 13 heavy (non-hydrogen) atoms. The molecule has 1 aliphatic rings. The summed E-state index contributed by atoms with van der Waals surface area (Å²) in [6, 6.07) is 0.477. The summed E-state index contributed by atoms with van der Waals surface area (Å²) < 4.78 is 0. The zero-order chi connectivity index (χ0) is 9.52. The number of hydrogen-bond acceptors (Lipinski definition) is 3. The van der Waals surface area contributed by atoms with E-state index in [1.807, 2.05) is 0 Å². The third-order valence-corrected chi connectivity index (χ3v) is 2.89. The van der Waals surface area contributed by atoms with Gasteiger partial charge in [0.1, 0.15) is 0 Å². The van der Waals surface area contributed by atoms with Crippen LogP contribution in [0.15, 0.2) is 0 Å². The first-order valence-electron chi connectivity index (χ1n) is 5.33. The molecule has 1 fully saturated rings. The molecular weight excluding hydrogens is 166 g/mol. The molecule has 0 unspecified atom stereocenters. The van der Waals surface area contributed by atoms with Crippen LogP contribution in [0.1, 0.15) is 32.1 Å². The second kappa shape index (κ2) is 6.35. The molecule has 0 spiro atoms. The molecule has 0 radical (unpaired) electrons. The van der Waals surface area contributed by atoms with Gasteiger partial charge in [0.2, 0.25) is 0 Å². The molecule has 0 aromatic carbocycles. The Bertz CT molecular complexity index is 124. The molecule has 0 aromatic rings. The highest BCUT2D eigenvalue weighted by Gasteiger charge is 2.21. The smallest absolute Gasteiger partial charge is 0.0474 e. The molecule has 1 rings (SSSR count). The fraction of sp³-hybridized carbons (Fsp3) is 1.00. The van der Waals surface area contributed by atoms with Crippen LogP contribution in [0, 0.1) is 5.92 Å². The summed E-state index contributed by atoms with van der Waals surface area (Å²) in [5.41, 5.74) is 0. The van der Waals surface area contributed by atoms with Crippen molar-refractivity contribution in [3.63, 3.8) is 0 Å². The normalized spacial score (nSPS) is 25.8. The fourth-order valence-corrected chi connectivity index (χ4v) is 2.05. The lowest BCUT2D eigenvalue weighted by Gasteiger charge is -2.30. The number of rotatable bonds is 5. The number of aliphatic hydroxyl groups excluding tert-OH is 2. The Morgan fingerprint density at radius 2 is 2.15 bits per heavy atom. The lowest BCUT2D eigenvalue weighted by atomic mass is 9.89. The van der Waals surface area contributed by atoms with E-state index in [1.165, 1.54) is 19.3 Å². The summed E-state index contributed by atoms with van der Waals surface area (Å²) in [5.74, 6) is 0.340. The molecule has 3 heteroatoms. The molecular formula is C10H21NO2. The molecule has 78 valence electrons. The third-order valence-electron chi connectivity index (χ3n) is 2.89. The Balaban J connectivity index is 2.26. The quantitative estimate of drug-likeness (QED) is 0.588. The summed E-state index contributed by atoms with van der Waals surface area (Å²) >= 11 is 0. The monoisotopic (exact) mass is 187 g/mol. The highest BCUT2D eigenvalue weighted by atomic mass is 16.3. The predicted molar refractivity (Wildman–Crippen MR) is 52.5 cm³/mol. The van der Waals surface area contributed by atoms with Gasteiger partial charge in [0, 0.05) is 19.3 Å². The molecule has 0 aliphatic carbocycles. The Morgan fingerprint density at radius 3 is 2.69 bits per heavy atom. The van der Waals surface area contributed by atoms with Gasteiger partial charge >= 0.3 is 0 Å². The second-order valence-corrected chi connectivity index (χ2v) is 3.86. The lowest BCUT2D eigenvalue weighted by molar-refractivity contribution is 0.155. The van der Waals surface area contributed by atoms with Crippen LogP contribution in [-0.2, 0) is 0 Å². The zero-order valence-corrected chi connectivity index (χ0v) is 8.21. The lowest BCUT2D eigenvalue weighted by Crippen LogP contribution is -2.41. The standard InChI is InChI=1S/C10H21NO2/c12-7-3-4-9(8-13)10-5-1-2-6-11-10/h9-13H,1-8H2/t9-,10+/m0/s1. The SMILES string of the molecule is OCCC[C@@H](CO)[C@H]1CCCCN1. The minimum Gasteiger partial charge on any atom is -0.396 e. The van der Waals surface area contributed by atoms with Gasteiger partial charge in [-0.2, -0.15) is 0 Å². The highest BCUT2D eigenvalue weighted by molar-refractivity contribution is 4.79. The maximum absolute atomic E-state index is 9.18. The van der Waals surface area contributed by atoms with Gasteiger partial charge in [-0.1, -0.05) is 6.42 Å². The topological polar surface area (TPSA) is 52.5 Å². The average Bonchev–Trinajstić information content (AvgIpc) is 2.21. The molecule has 1 saturated heterocycles. The maximum Gasteiger partial charge on any atom is 0.0474 e. The van der Waals surface area contributed by atoms with Crippen LogP contribution >= 0.6 is 0 Å². The Kier molecular flexibility index (Phi) is 5.35. The van der Waals surface area contributed by atoms with E-state index < -0.39 is 0 Å². The average molecular weight is 187 g/mol. The van der Waals surface area contributed by atoms with Gasteiger partial charge in [0.25, 0.3) is 0 Å². The maximum atomic E-state index is 9.18. The van der Waals surface area contributed by atoms with Crippen molar-refractivity contribution in [2.24, 2.45) is 5.92 Å². The van der Waals surface area contributed by atoms with Gasteiger partial charge in [-0.15, -0.1) is 0 Å². The molecule has 1 aliphatic heterocycles. The molecule has 3 nitrogen and oxygen atoms in total. The van der Waals surface area contributed by atoms with Gasteiger partial charge in [-0.05, 0) is 38.1 Å². The van der Waals surface area contributed by atoms with E-state index in [9.17, 15) is 5.11 Å². The molecule has 0 amide bonds. The molecule has 0 aromatic heterocycles. The molecule has 2 atom stereocenters. The third kappa shape index (κ3) is 3.63. The minimum atomic E-state index is 0.239. The van der Waals surface area contributed by atoms with E-state index in [0.717, 1.165) is 19.4 Å². The number of nitrogens with one attached hydrogen (secondary N) is 1. The molecule has 3 N–H and O–H groups in total. The summed E-state index contributed by atoms with van der Waals surface area (Å²) in [4.78, 5) is 0. The van der Waals surface area contributed by atoms with Crippen molar-refractivity contribution in [2.75, 3.05) is 19.8 Å². The first-order chi connectivity index (χ1) is 6.38. The number of aliphatic hydroxyl groups is 2. The minimum absolute atomic E-state index is 0.239.